The number of halogens is 2. The topological polar surface area (TPSA) is 69.6 Å². The predicted octanol–water partition coefficient (Wildman–Crippen LogP) is 1.84. The van der Waals surface area contributed by atoms with Crippen molar-refractivity contribution < 1.29 is 14.7 Å². The Hall–Kier alpha value is -1.30. The van der Waals surface area contributed by atoms with Crippen LogP contribution >= 0.6 is 23.2 Å². The fourth-order valence-electron chi connectivity index (χ4n) is 2.50. The summed E-state index contributed by atoms with van der Waals surface area (Å²) in [6.45, 7) is 0.923. The van der Waals surface area contributed by atoms with Gasteiger partial charge in [0.2, 0.25) is 11.8 Å². The zero-order chi connectivity index (χ0) is 16.1. The Kier molecular flexibility index (Phi) is 6.06. The van der Waals surface area contributed by atoms with Crippen molar-refractivity contribution in [2.75, 3.05) is 19.7 Å². The number of hydrogen-bond acceptors (Lipinski definition) is 3. The molecule has 120 valence electrons. The third-order valence-electron chi connectivity index (χ3n) is 3.64. The first-order chi connectivity index (χ1) is 10.5. The molecule has 0 radical (unpaired) electrons. The molecule has 22 heavy (non-hydrogen) atoms. The number of amides is 2. The zero-order valence-electron chi connectivity index (χ0n) is 12.0. The number of rotatable bonds is 5. The number of aliphatic hydroxyl groups excluding tert-OH is 1. The summed E-state index contributed by atoms with van der Waals surface area (Å²) in [7, 11) is 0. The van der Waals surface area contributed by atoms with Crippen LogP contribution in [0.3, 0.4) is 0 Å². The second-order valence-corrected chi connectivity index (χ2v) is 6.09. The van der Waals surface area contributed by atoms with E-state index in [2.05, 4.69) is 5.32 Å². The molecule has 2 amide bonds. The van der Waals surface area contributed by atoms with Crippen molar-refractivity contribution in [1.29, 1.82) is 0 Å². The highest BCUT2D eigenvalue weighted by molar-refractivity contribution is 6.42. The van der Waals surface area contributed by atoms with Gasteiger partial charge in [-0.3, -0.25) is 9.59 Å². The smallest absolute Gasteiger partial charge is 0.226 e. The molecular formula is C15H18Cl2N2O3. The Morgan fingerprint density at radius 2 is 2.14 bits per heavy atom. The van der Waals surface area contributed by atoms with Gasteiger partial charge in [-0.15, -0.1) is 0 Å². The second kappa shape index (κ2) is 7.81. The van der Waals surface area contributed by atoms with Gasteiger partial charge in [0.05, 0.1) is 16.7 Å². The molecule has 0 aromatic heterocycles. The number of benzene rings is 1. The lowest BCUT2D eigenvalue weighted by Crippen LogP contribution is -2.43. The van der Waals surface area contributed by atoms with Crippen molar-refractivity contribution in [1.82, 2.24) is 10.2 Å². The van der Waals surface area contributed by atoms with E-state index in [0.717, 1.165) is 5.56 Å². The maximum atomic E-state index is 12.6. The molecule has 0 aliphatic carbocycles. The molecule has 1 unspecified atom stereocenters. The van der Waals surface area contributed by atoms with Crippen LogP contribution in [-0.4, -0.2) is 41.5 Å². The van der Waals surface area contributed by atoms with Gasteiger partial charge in [-0.05, 0) is 24.1 Å². The second-order valence-electron chi connectivity index (χ2n) is 5.27. The minimum atomic E-state index is -0.330. The minimum Gasteiger partial charge on any atom is -0.395 e. The number of nitrogens with zero attached hydrogens (tertiary/aromatic N) is 1. The van der Waals surface area contributed by atoms with Crippen LogP contribution in [0.15, 0.2) is 18.2 Å². The third kappa shape index (κ3) is 4.35. The Morgan fingerprint density at radius 1 is 1.36 bits per heavy atom. The lowest BCUT2D eigenvalue weighted by atomic mass is 9.95. The summed E-state index contributed by atoms with van der Waals surface area (Å²) in [6, 6.07) is 5.17. The van der Waals surface area contributed by atoms with Crippen LogP contribution in [0.4, 0.5) is 0 Å². The molecular weight excluding hydrogens is 327 g/mol. The van der Waals surface area contributed by atoms with Gasteiger partial charge in [-0.25, -0.2) is 0 Å². The first-order valence-electron chi connectivity index (χ1n) is 7.11. The van der Waals surface area contributed by atoms with Crippen LogP contribution in [0.1, 0.15) is 18.4 Å². The van der Waals surface area contributed by atoms with E-state index in [9.17, 15) is 14.7 Å². The predicted molar refractivity (Wildman–Crippen MR) is 84.7 cm³/mol. The van der Waals surface area contributed by atoms with Gasteiger partial charge in [0.1, 0.15) is 0 Å². The van der Waals surface area contributed by atoms with Crippen LogP contribution in [0.5, 0.6) is 0 Å². The molecule has 2 rings (SSSR count). The highest BCUT2D eigenvalue weighted by Gasteiger charge is 2.29. The first-order valence-corrected chi connectivity index (χ1v) is 7.87. The van der Waals surface area contributed by atoms with E-state index in [4.69, 9.17) is 23.2 Å². The molecule has 1 aliphatic heterocycles. The largest absolute Gasteiger partial charge is 0.395 e. The van der Waals surface area contributed by atoms with Crippen molar-refractivity contribution in [2.24, 2.45) is 5.92 Å². The quantitative estimate of drug-likeness (QED) is 0.856. The number of carbonyl (C=O) groups excluding carboxylic acids is 2. The number of aliphatic hydroxyl groups is 1. The summed E-state index contributed by atoms with van der Waals surface area (Å²) in [5, 5.41) is 12.8. The normalized spacial score (nSPS) is 18.0. The zero-order valence-corrected chi connectivity index (χ0v) is 13.5. The van der Waals surface area contributed by atoms with E-state index >= 15 is 0 Å². The Balaban J connectivity index is 2.09. The van der Waals surface area contributed by atoms with Crippen molar-refractivity contribution in [3.8, 4) is 0 Å². The highest BCUT2D eigenvalue weighted by Crippen LogP contribution is 2.24. The molecule has 1 saturated heterocycles. The molecule has 1 aromatic carbocycles. The standard InChI is InChI=1S/C15H18Cl2N2O3/c16-12-2-1-10(7-13(12)17)9-19(5-6-20)15(22)11-3-4-18-14(21)8-11/h1-2,7,11,20H,3-6,8-9H2,(H,18,21). The fraction of sp³-hybridized carbons (Fsp3) is 0.467. The SMILES string of the molecule is O=C1CC(C(=O)N(CCO)Cc2ccc(Cl)c(Cl)c2)CCN1. The maximum Gasteiger partial charge on any atom is 0.226 e. The van der Waals surface area contributed by atoms with Gasteiger partial charge in [-0.2, -0.15) is 0 Å². The molecule has 0 saturated carbocycles. The van der Waals surface area contributed by atoms with Crippen LogP contribution < -0.4 is 5.32 Å². The first kappa shape index (κ1) is 17.1. The lowest BCUT2D eigenvalue weighted by molar-refractivity contribution is -0.141. The molecule has 2 N–H and O–H groups in total. The van der Waals surface area contributed by atoms with Crippen LogP contribution in [0, 0.1) is 5.92 Å². The lowest BCUT2D eigenvalue weighted by Gasteiger charge is -2.29. The number of carbonyl (C=O) groups is 2. The van der Waals surface area contributed by atoms with Gasteiger partial charge < -0.3 is 15.3 Å². The molecule has 1 fully saturated rings. The van der Waals surface area contributed by atoms with Crippen molar-refractivity contribution in [3.63, 3.8) is 0 Å². The number of piperidine rings is 1. The molecule has 1 atom stereocenters. The molecule has 0 bridgehead atoms. The fourth-order valence-corrected chi connectivity index (χ4v) is 2.82. The summed E-state index contributed by atoms with van der Waals surface area (Å²) >= 11 is 11.9. The van der Waals surface area contributed by atoms with Crippen LogP contribution in [-0.2, 0) is 16.1 Å². The molecule has 5 nitrogen and oxygen atoms in total. The summed E-state index contributed by atoms with van der Waals surface area (Å²) < 4.78 is 0. The van der Waals surface area contributed by atoms with E-state index < -0.39 is 0 Å². The van der Waals surface area contributed by atoms with Crippen molar-refractivity contribution in [3.05, 3.63) is 33.8 Å². The Bertz CT molecular complexity index is 566. The van der Waals surface area contributed by atoms with Crippen molar-refractivity contribution >= 4 is 35.0 Å². The maximum absolute atomic E-state index is 12.6. The van der Waals surface area contributed by atoms with E-state index in [1.54, 1.807) is 23.1 Å². The molecule has 1 aliphatic rings. The van der Waals surface area contributed by atoms with Crippen LogP contribution in [0.2, 0.25) is 10.0 Å². The van der Waals surface area contributed by atoms with Gasteiger partial charge >= 0.3 is 0 Å². The number of hydrogen-bond donors (Lipinski definition) is 2. The molecule has 1 heterocycles. The minimum absolute atomic E-state index is 0.108. The highest BCUT2D eigenvalue weighted by atomic mass is 35.5. The Morgan fingerprint density at radius 3 is 2.77 bits per heavy atom. The van der Waals surface area contributed by atoms with Gasteiger partial charge in [0.15, 0.2) is 0 Å². The Labute approximate surface area is 139 Å². The number of nitrogens with one attached hydrogen (secondary N) is 1. The molecule has 1 aromatic rings. The summed E-state index contributed by atoms with van der Waals surface area (Å²) in [5.74, 6) is -0.555. The third-order valence-corrected chi connectivity index (χ3v) is 4.37. The molecule has 7 heteroatoms. The van der Waals surface area contributed by atoms with E-state index in [0.29, 0.717) is 29.6 Å². The average Bonchev–Trinajstić information content (AvgIpc) is 2.50. The average molecular weight is 345 g/mol. The summed E-state index contributed by atoms with van der Waals surface area (Å²) in [4.78, 5) is 25.6. The summed E-state index contributed by atoms with van der Waals surface area (Å²) in [5.41, 5.74) is 0.830. The summed E-state index contributed by atoms with van der Waals surface area (Å²) in [6.07, 6.45) is 0.815. The monoisotopic (exact) mass is 344 g/mol. The van der Waals surface area contributed by atoms with Gasteiger partial charge in [-0.1, -0.05) is 29.3 Å². The van der Waals surface area contributed by atoms with E-state index in [1.165, 1.54) is 0 Å². The molecule has 0 spiro atoms. The van der Waals surface area contributed by atoms with Crippen molar-refractivity contribution in [2.45, 2.75) is 19.4 Å². The van der Waals surface area contributed by atoms with Crippen LogP contribution in [0.25, 0.3) is 0 Å². The van der Waals surface area contributed by atoms with E-state index in [-0.39, 0.29) is 37.3 Å². The van der Waals surface area contributed by atoms with Gasteiger partial charge in [0.25, 0.3) is 0 Å². The van der Waals surface area contributed by atoms with E-state index in [1.807, 2.05) is 0 Å². The van der Waals surface area contributed by atoms with Gasteiger partial charge in [0, 0.05) is 32.0 Å².